The quantitative estimate of drug-likeness (QED) is 0.432. The number of esters is 2. The molecule has 0 unspecified atom stereocenters. The third-order valence-electron chi connectivity index (χ3n) is 4.63. The molecule has 1 aromatic carbocycles. The summed E-state index contributed by atoms with van der Waals surface area (Å²) in [5.74, 6) is -0.903. The van der Waals surface area contributed by atoms with Crippen molar-refractivity contribution in [1.82, 2.24) is 0 Å². The molecular formula is C23H23NO7S2. The highest BCUT2D eigenvalue weighted by atomic mass is 32.1. The maximum atomic E-state index is 12.6. The first kappa shape index (κ1) is 24.3. The van der Waals surface area contributed by atoms with Crippen molar-refractivity contribution in [2.24, 2.45) is 0 Å². The van der Waals surface area contributed by atoms with Crippen molar-refractivity contribution in [1.29, 1.82) is 0 Å². The molecule has 0 aliphatic heterocycles. The number of hydrogen-bond acceptors (Lipinski definition) is 9. The van der Waals surface area contributed by atoms with Crippen LogP contribution in [0.4, 0.5) is 5.00 Å². The SMILES string of the molecule is CCOC(=O)c1c(-c2cccs2)csc1NC(=O)COC(=O)c1cc(OC)c(C)c(OC)c1. The highest BCUT2D eigenvalue weighted by Crippen LogP contribution is 2.38. The number of nitrogens with one attached hydrogen (secondary N) is 1. The minimum Gasteiger partial charge on any atom is -0.496 e. The number of carbonyl (C=O) groups is 3. The number of amides is 1. The first-order valence-corrected chi connectivity index (χ1v) is 11.7. The average molecular weight is 490 g/mol. The molecule has 33 heavy (non-hydrogen) atoms. The van der Waals surface area contributed by atoms with Crippen LogP contribution in [0.15, 0.2) is 35.0 Å². The van der Waals surface area contributed by atoms with Crippen molar-refractivity contribution in [3.63, 3.8) is 0 Å². The van der Waals surface area contributed by atoms with E-state index in [0.717, 1.165) is 10.4 Å². The second kappa shape index (κ2) is 11.0. The van der Waals surface area contributed by atoms with Gasteiger partial charge in [0, 0.05) is 21.4 Å². The van der Waals surface area contributed by atoms with E-state index in [-0.39, 0.29) is 17.7 Å². The number of anilines is 1. The Balaban J connectivity index is 1.73. The number of ether oxygens (including phenoxy) is 4. The van der Waals surface area contributed by atoms with Crippen LogP contribution in [0, 0.1) is 6.92 Å². The summed E-state index contributed by atoms with van der Waals surface area (Å²) >= 11 is 2.67. The van der Waals surface area contributed by atoms with Crippen LogP contribution in [-0.2, 0) is 14.3 Å². The molecule has 0 bridgehead atoms. The van der Waals surface area contributed by atoms with E-state index in [0.29, 0.717) is 22.1 Å². The molecule has 2 aromatic heterocycles. The molecule has 1 N–H and O–H groups in total. The number of rotatable bonds is 9. The molecule has 3 aromatic rings. The molecule has 174 valence electrons. The lowest BCUT2D eigenvalue weighted by molar-refractivity contribution is -0.119. The molecule has 0 saturated carbocycles. The number of thiophene rings is 2. The van der Waals surface area contributed by atoms with Gasteiger partial charge in [-0.15, -0.1) is 22.7 Å². The minimum absolute atomic E-state index is 0.186. The van der Waals surface area contributed by atoms with Gasteiger partial charge in [0.2, 0.25) is 0 Å². The van der Waals surface area contributed by atoms with Crippen LogP contribution in [-0.4, -0.2) is 45.3 Å². The van der Waals surface area contributed by atoms with Gasteiger partial charge in [-0.3, -0.25) is 4.79 Å². The zero-order valence-corrected chi connectivity index (χ0v) is 20.2. The van der Waals surface area contributed by atoms with Crippen molar-refractivity contribution in [3.05, 3.63) is 51.7 Å². The van der Waals surface area contributed by atoms with E-state index in [9.17, 15) is 14.4 Å². The van der Waals surface area contributed by atoms with Crippen LogP contribution < -0.4 is 14.8 Å². The summed E-state index contributed by atoms with van der Waals surface area (Å²) in [6.45, 7) is 3.17. The Kier molecular flexibility index (Phi) is 8.07. The van der Waals surface area contributed by atoms with E-state index < -0.39 is 24.5 Å². The third-order valence-corrected chi connectivity index (χ3v) is 6.43. The first-order chi connectivity index (χ1) is 15.9. The standard InChI is InChI=1S/C23H23NO7S2/c1-5-30-23(27)20-15(18-7-6-8-32-18)12-33-21(20)24-19(25)11-31-22(26)14-9-16(28-3)13(2)17(10-14)29-4/h6-10,12H,5,11H2,1-4H3,(H,24,25). The predicted octanol–water partition coefficient (Wildman–Crippen LogP) is 4.77. The Hall–Kier alpha value is -3.37. The summed E-state index contributed by atoms with van der Waals surface area (Å²) in [4.78, 5) is 38.4. The molecule has 0 aliphatic rings. The van der Waals surface area contributed by atoms with Crippen molar-refractivity contribution in [2.75, 3.05) is 32.8 Å². The van der Waals surface area contributed by atoms with E-state index >= 15 is 0 Å². The normalized spacial score (nSPS) is 10.4. The molecule has 10 heteroatoms. The van der Waals surface area contributed by atoms with Crippen LogP contribution >= 0.6 is 22.7 Å². The van der Waals surface area contributed by atoms with E-state index in [1.54, 1.807) is 19.2 Å². The topological polar surface area (TPSA) is 100 Å². The highest BCUT2D eigenvalue weighted by molar-refractivity contribution is 7.17. The molecular weight excluding hydrogens is 466 g/mol. The molecule has 2 heterocycles. The number of hydrogen-bond donors (Lipinski definition) is 1. The van der Waals surface area contributed by atoms with Gasteiger partial charge in [0.1, 0.15) is 22.1 Å². The fraction of sp³-hybridized carbons (Fsp3) is 0.261. The minimum atomic E-state index is -0.710. The second-order valence-corrected chi connectivity index (χ2v) is 8.51. The zero-order valence-electron chi connectivity index (χ0n) is 18.6. The lowest BCUT2D eigenvalue weighted by Gasteiger charge is -2.12. The summed E-state index contributed by atoms with van der Waals surface area (Å²) in [5, 5.41) is 6.66. The number of methoxy groups -OCH3 is 2. The van der Waals surface area contributed by atoms with Gasteiger partial charge < -0.3 is 24.3 Å². The van der Waals surface area contributed by atoms with Gasteiger partial charge in [-0.1, -0.05) is 6.07 Å². The Morgan fingerprint density at radius 2 is 1.70 bits per heavy atom. The lowest BCUT2D eigenvalue weighted by Crippen LogP contribution is -2.22. The lowest BCUT2D eigenvalue weighted by atomic mass is 10.1. The molecule has 8 nitrogen and oxygen atoms in total. The monoisotopic (exact) mass is 489 g/mol. The molecule has 0 fully saturated rings. The van der Waals surface area contributed by atoms with Gasteiger partial charge in [-0.2, -0.15) is 0 Å². The van der Waals surface area contributed by atoms with Crippen LogP contribution in [0.5, 0.6) is 11.5 Å². The van der Waals surface area contributed by atoms with Crippen molar-refractivity contribution in [2.45, 2.75) is 13.8 Å². The van der Waals surface area contributed by atoms with Crippen LogP contribution in [0.25, 0.3) is 10.4 Å². The fourth-order valence-corrected chi connectivity index (χ4v) is 4.84. The highest BCUT2D eigenvalue weighted by Gasteiger charge is 2.24. The number of benzene rings is 1. The Morgan fingerprint density at radius 1 is 1.00 bits per heavy atom. The van der Waals surface area contributed by atoms with Gasteiger partial charge in [0.05, 0.1) is 26.4 Å². The summed E-state index contributed by atoms with van der Waals surface area (Å²) in [6.07, 6.45) is 0. The van der Waals surface area contributed by atoms with Gasteiger partial charge in [0.15, 0.2) is 6.61 Å². The Morgan fingerprint density at radius 3 is 2.27 bits per heavy atom. The van der Waals surface area contributed by atoms with Crippen molar-refractivity contribution in [3.8, 4) is 21.9 Å². The van der Waals surface area contributed by atoms with E-state index in [4.69, 9.17) is 18.9 Å². The van der Waals surface area contributed by atoms with E-state index in [2.05, 4.69) is 5.32 Å². The van der Waals surface area contributed by atoms with Crippen LogP contribution in [0.2, 0.25) is 0 Å². The molecule has 0 spiro atoms. The summed E-state index contributed by atoms with van der Waals surface area (Å²) in [7, 11) is 2.97. The van der Waals surface area contributed by atoms with Crippen LogP contribution in [0.1, 0.15) is 33.2 Å². The summed E-state index contributed by atoms with van der Waals surface area (Å²) < 4.78 is 20.9. The molecule has 0 radical (unpaired) electrons. The molecule has 1 amide bonds. The fourth-order valence-electron chi connectivity index (χ4n) is 3.05. The predicted molar refractivity (Wildman–Crippen MR) is 127 cm³/mol. The van der Waals surface area contributed by atoms with Gasteiger partial charge >= 0.3 is 11.9 Å². The maximum Gasteiger partial charge on any atom is 0.341 e. The number of carbonyl (C=O) groups excluding carboxylic acids is 3. The van der Waals surface area contributed by atoms with Gasteiger partial charge in [0.25, 0.3) is 5.91 Å². The van der Waals surface area contributed by atoms with E-state index in [1.807, 2.05) is 17.5 Å². The van der Waals surface area contributed by atoms with Crippen molar-refractivity contribution >= 4 is 45.5 Å². The van der Waals surface area contributed by atoms with Crippen LogP contribution in [0.3, 0.4) is 0 Å². The smallest absolute Gasteiger partial charge is 0.341 e. The van der Waals surface area contributed by atoms with E-state index in [1.165, 1.54) is 49.0 Å². The van der Waals surface area contributed by atoms with Crippen molar-refractivity contribution < 1.29 is 33.3 Å². The molecule has 0 atom stereocenters. The zero-order chi connectivity index (χ0) is 24.0. The average Bonchev–Trinajstić information content (AvgIpc) is 3.47. The largest absolute Gasteiger partial charge is 0.496 e. The van der Waals surface area contributed by atoms with Gasteiger partial charge in [-0.05, 0) is 37.4 Å². The Labute approximate surface area is 199 Å². The molecule has 3 rings (SSSR count). The third kappa shape index (κ3) is 5.52. The molecule has 0 aliphatic carbocycles. The summed E-state index contributed by atoms with van der Waals surface area (Å²) in [5.41, 5.74) is 1.88. The Bertz CT molecular complexity index is 1130. The first-order valence-electron chi connectivity index (χ1n) is 9.91. The summed E-state index contributed by atoms with van der Waals surface area (Å²) in [6, 6.07) is 6.79. The maximum absolute atomic E-state index is 12.6. The second-order valence-electron chi connectivity index (χ2n) is 6.68. The van der Waals surface area contributed by atoms with Gasteiger partial charge in [-0.25, -0.2) is 9.59 Å². The molecule has 0 saturated heterocycles.